The fourth-order valence-electron chi connectivity index (χ4n) is 6.41. The number of anilines is 3. The summed E-state index contributed by atoms with van der Waals surface area (Å²) in [5.74, 6) is 0.679. The molecule has 0 aliphatic rings. The van der Waals surface area contributed by atoms with Gasteiger partial charge >= 0.3 is 261 Å². The molecule has 0 N–H and O–H groups in total. The summed E-state index contributed by atoms with van der Waals surface area (Å²) in [5.41, 5.74) is 8.62. The third-order valence-electron chi connectivity index (χ3n) is 8.50. The minimum atomic E-state index is 0.170. The molecule has 0 spiro atoms. The summed E-state index contributed by atoms with van der Waals surface area (Å²) in [4.78, 5) is 7.19. The molecule has 0 aliphatic heterocycles. The van der Waals surface area contributed by atoms with Crippen LogP contribution >= 0.6 is 0 Å². The molecule has 0 saturated carbocycles. The summed E-state index contributed by atoms with van der Waals surface area (Å²) in [5, 5.41) is 5.04. The van der Waals surface area contributed by atoms with Crippen LogP contribution in [0.5, 0.6) is 0 Å². The zero-order valence-electron chi connectivity index (χ0n) is 24.2. The number of para-hydroxylation sites is 3. The van der Waals surface area contributed by atoms with Gasteiger partial charge in [0.15, 0.2) is 0 Å². The van der Waals surface area contributed by atoms with Gasteiger partial charge in [0.05, 0.1) is 0 Å². The number of fused-ring (bicyclic) bond motifs is 5. The molecule has 0 radical (unpaired) electrons. The first-order valence-electron chi connectivity index (χ1n) is 15.0. The van der Waals surface area contributed by atoms with Gasteiger partial charge in [0, 0.05) is 0 Å². The van der Waals surface area contributed by atoms with Crippen molar-refractivity contribution >= 4 is 72.7 Å². The zero-order valence-corrected chi connectivity index (χ0v) is 25.9. The average Bonchev–Trinajstić information content (AvgIpc) is 3.70. The van der Waals surface area contributed by atoms with E-state index in [9.17, 15) is 0 Å². The number of hydrogen-bond donors (Lipinski definition) is 0. The van der Waals surface area contributed by atoms with E-state index in [0.717, 1.165) is 33.7 Å². The van der Waals surface area contributed by atoms with Gasteiger partial charge in [-0.1, -0.05) is 6.07 Å². The Morgan fingerprint density at radius 3 is 2.11 bits per heavy atom. The van der Waals surface area contributed by atoms with Gasteiger partial charge in [-0.25, -0.2) is 0 Å². The molecule has 4 heteroatoms. The van der Waals surface area contributed by atoms with Crippen LogP contribution in [0.15, 0.2) is 162 Å². The maximum absolute atomic E-state index is 6.22. The normalized spacial score (nSPS) is 11.6. The van der Waals surface area contributed by atoms with Crippen molar-refractivity contribution in [1.29, 1.82) is 0 Å². The molecule has 0 bridgehead atoms. The molecular weight excluding hydrogens is 615 g/mol. The molecule has 45 heavy (non-hydrogen) atoms. The van der Waals surface area contributed by atoms with Gasteiger partial charge in [-0.05, 0) is 0 Å². The number of benzene rings is 7. The molecule has 2 heterocycles. The summed E-state index contributed by atoms with van der Waals surface area (Å²) >= 11 is 0.170. The van der Waals surface area contributed by atoms with Crippen molar-refractivity contribution in [1.82, 2.24) is 4.98 Å². The molecule has 7 aromatic carbocycles. The Labute approximate surface area is 266 Å². The van der Waals surface area contributed by atoms with Crippen LogP contribution in [0.25, 0.3) is 63.7 Å². The van der Waals surface area contributed by atoms with Crippen molar-refractivity contribution in [3.8, 4) is 22.6 Å². The fourth-order valence-corrected chi connectivity index (χ4v) is 8.86. The Balaban J connectivity index is 1.16. The van der Waals surface area contributed by atoms with Crippen molar-refractivity contribution in [2.75, 3.05) is 4.90 Å². The number of nitrogens with zero attached hydrogens (tertiary/aromatic N) is 2. The van der Waals surface area contributed by atoms with E-state index in [1.54, 1.807) is 0 Å². The molecule has 0 aliphatic carbocycles. The Morgan fingerprint density at radius 2 is 1.22 bits per heavy atom. The van der Waals surface area contributed by atoms with Crippen molar-refractivity contribution in [2.24, 2.45) is 0 Å². The summed E-state index contributed by atoms with van der Waals surface area (Å²) in [6, 6.07) is 56.1. The summed E-state index contributed by atoms with van der Waals surface area (Å²) in [7, 11) is 0. The Kier molecular flexibility index (Phi) is 6.15. The summed E-state index contributed by atoms with van der Waals surface area (Å²) in [6.45, 7) is 0. The first-order valence-corrected chi connectivity index (χ1v) is 16.8. The summed E-state index contributed by atoms with van der Waals surface area (Å²) in [6.07, 6.45) is 0. The molecule has 2 aromatic heterocycles. The molecule has 0 fully saturated rings. The second-order valence-corrected chi connectivity index (χ2v) is 13.5. The van der Waals surface area contributed by atoms with Crippen LogP contribution < -0.4 is 4.90 Å². The Bertz CT molecular complexity index is 2450. The molecule has 9 aromatic rings. The second kappa shape index (κ2) is 10.6. The van der Waals surface area contributed by atoms with Crippen molar-refractivity contribution in [3.63, 3.8) is 0 Å². The molecule has 0 atom stereocenters. The van der Waals surface area contributed by atoms with Gasteiger partial charge in [-0.2, -0.15) is 0 Å². The monoisotopic (exact) mass is 642 g/mol. The first-order chi connectivity index (χ1) is 22.3. The molecule has 0 amide bonds. The molecular formula is C41H26N2OSe. The van der Waals surface area contributed by atoms with Crippen LogP contribution in [0, 0.1) is 0 Å². The summed E-state index contributed by atoms with van der Waals surface area (Å²) < 4.78 is 8.95. The topological polar surface area (TPSA) is 29.3 Å². The van der Waals surface area contributed by atoms with E-state index in [4.69, 9.17) is 9.40 Å². The van der Waals surface area contributed by atoms with E-state index >= 15 is 0 Å². The second-order valence-electron chi connectivity index (χ2n) is 11.2. The SMILES string of the molecule is c1ccc(N(c2ccc(-c3cccc4ccccc34)cc2)c2ccc3c(c2)[se]c2cccc(-c4nc5ccccc5o4)c23)cc1. The van der Waals surface area contributed by atoms with E-state index in [0.29, 0.717) is 5.89 Å². The number of aromatic nitrogens is 1. The van der Waals surface area contributed by atoms with E-state index in [-0.39, 0.29) is 14.5 Å². The van der Waals surface area contributed by atoms with E-state index in [1.165, 1.54) is 41.2 Å². The van der Waals surface area contributed by atoms with Crippen LogP contribution in [0.1, 0.15) is 0 Å². The number of rotatable bonds is 5. The number of oxazole rings is 1. The standard InChI is InChI=1S/C41H26N2OSe/c1-2-12-29(13-3-1)43(30-22-20-28(21-23-30)33-15-8-11-27-10-4-5-14-32(27)33)31-24-25-34-39(26-31)45-38-19-9-16-35(40(34)38)41-42-36-17-6-7-18-37(36)44-41/h1-26H. The van der Waals surface area contributed by atoms with Crippen molar-refractivity contribution in [3.05, 3.63) is 158 Å². The molecule has 0 unspecified atom stereocenters. The third kappa shape index (κ3) is 4.46. The van der Waals surface area contributed by atoms with Crippen LogP contribution in [0.4, 0.5) is 17.1 Å². The molecule has 9 rings (SSSR count). The van der Waals surface area contributed by atoms with E-state index < -0.39 is 0 Å². The minimum absolute atomic E-state index is 0.170. The molecule has 3 nitrogen and oxygen atoms in total. The zero-order chi connectivity index (χ0) is 29.7. The van der Waals surface area contributed by atoms with Gasteiger partial charge < -0.3 is 0 Å². The van der Waals surface area contributed by atoms with Crippen LogP contribution in [-0.2, 0) is 0 Å². The van der Waals surface area contributed by atoms with Crippen LogP contribution in [0.3, 0.4) is 0 Å². The van der Waals surface area contributed by atoms with Gasteiger partial charge in [0.25, 0.3) is 0 Å². The van der Waals surface area contributed by atoms with Gasteiger partial charge in [0.2, 0.25) is 0 Å². The fraction of sp³-hybridized carbons (Fsp3) is 0. The van der Waals surface area contributed by atoms with Crippen LogP contribution in [-0.4, -0.2) is 19.5 Å². The predicted molar refractivity (Wildman–Crippen MR) is 189 cm³/mol. The maximum atomic E-state index is 6.22. The van der Waals surface area contributed by atoms with Gasteiger partial charge in [0.1, 0.15) is 0 Å². The Hall–Kier alpha value is -5.41. The van der Waals surface area contributed by atoms with Gasteiger partial charge in [-0.15, -0.1) is 0 Å². The molecule has 0 saturated heterocycles. The van der Waals surface area contributed by atoms with Crippen molar-refractivity contribution in [2.45, 2.75) is 0 Å². The van der Waals surface area contributed by atoms with E-state index in [1.807, 2.05) is 24.3 Å². The third-order valence-corrected chi connectivity index (χ3v) is 10.8. The quantitative estimate of drug-likeness (QED) is 0.175. The van der Waals surface area contributed by atoms with E-state index in [2.05, 4.69) is 138 Å². The predicted octanol–water partition coefficient (Wildman–Crippen LogP) is 11.1. The Morgan fingerprint density at radius 1 is 0.511 bits per heavy atom. The number of hydrogen-bond acceptors (Lipinski definition) is 3. The van der Waals surface area contributed by atoms with Crippen molar-refractivity contribution < 1.29 is 4.42 Å². The van der Waals surface area contributed by atoms with Gasteiger partial charge in [-0.3, -0.25) is 0 Å². The molecule has 212 valence electrons. The first kappa shape index (κ1) is 26.0. The van der Waals surface area contributed by atoms with Crippen LogP contribution in [0.2, 0.25) is 0 Å². The average molecular weight is 642 g/mol.